The number of hydrogen-bond acceptors (Lipinski definition) is 3. The number of rotatable bonds is 4. The molecule has 0 bridgehead atoms. The molecule has 7 heteroatoms. The Balaban J connectivity index is 2.26. The lowest BCUT2D eigenvalue weighted by Crippen LogP contribution is -2.27. The zero-order valence-electron chi connectivity index (χ0n) is 11.6. The Hall–Kier alpha value is -2.47. The SMILES string of the molecule is CN(Cc1ccccc1F)C(=O)c1cc([N+](=O)[O-])ccc1Cl. The Morgan fingerprint density at radius 2 is 2.00 bits per heavy atom. The first-order valence-electron chi connectivity index (χ1n) is 6.33. The molecular formula is C15H12ClFN2O3. The summed E-state index contributed by atoms with van der Waals surface area (Å²) in [6.07, 6.45) is 0. The van der Waals surface area contributed by atoms with Crippen molar-refractivity contribution in [2.24, 2.45) is 0 Å². The third-order valence-corrected chi connectivity index (χ3v) is 3.43. The molecular weight excluding hydrogens is 311 g/mol. The molecule has 0 fully saturated rings. The molecule has 0 aliphatic carbocycles. The molecule has 2 rings (SSSR count). The van der Waals surface area contributed by atoms with E-state index in [2.05, 4.69) is 0 Å². The van der Waals surface area contributed by atoms with Crippen molar-refractivity contribution in [3.05, 3.63) is 74.5 Å². The number of carbonyl (C=O) groups excluding carboxylic acids is 1. The van der Waals surface area contributed by atoms with Gasteiger partial charge in [0.05, 0.1) is 15.5 Å². The first-order valence-corrected chi connectivity index (χ1v) is 6.70. The molecule has 0 atom stereocenters. The van der Waals surface area contributed by atoms with Crippen LogP contribution in [0.2, 0.25) is 5.02 Å². The summed E-state index contributed by atoms with van der Waals surface area (Å²) in [5.41, 5.74) is 0.127. The van der Waals surface area contributed by atoms with Crippen molar-refractivity contribution in [2.75, 3.05) is 7.05 Å². The minimum atomic E-state index is -0.607. The number of benzene rings is 2. The molecule has 0 aromatic heterocycles. The average Bonchev–Trinajstić information content (AvgIpc) is 2.49. The van der Waals surface area contributed by atoms with Crippen LogP contribution in [0.4, 0.5) is 10.1 Å². The predicted octanol–water partition coefficient (Wildman–Crippen LogP) is 3.66. The number of nitro groups is 1. The maximum Gasteiger partial charge on any atom is 0.270 e. The van der Waals surface area contributed by atoms with Crippen molar-refractivity contribution < 1.29 is 14.1 Å². The molecule has 0 radical (unpaired) electrons. The van der Waals surface area contributed by atoms with Crippen molar-refractivity contribution in [3.8, 4) is 0 Å². The number of amides is 1. The lowest BCUT2D eigenvalue weighted by atomic mass is 10.1. The van der Waals surface area contributed by atoms with E-state index in [9.17, 15) is 19.3 Å². The molecule has 0 aliphatic heterocycles. The Morgan fingerprint density at radius 3 is 2.64 bits per heavy atom. The summed E-state index contributed by atoms with van der Waals surface area (Å²) in [6, 6.07) is 9.71. The monoisotopic (exact) mass is 322 g/mol. The number of nitro benzene ring substituents is 1. The largest absolute Gasteiger partial charge is 0.337 e. The molecule has 0 heterocycles. The number of carbonyl (C=O) groups is 1. The molecule has 114 valence electrons. The van der Waals surface area contributed by atoms with Crippen LogP contribution in [0.15, 0.2) is 42.5 Å². The summed E-state index contributed by atoms with van der Waals surface area (Å²) in [7, 11) is 1.48. The van der Waals surface area contributed by atoms with E-state index in [0.29, 0.717) is 5.56 Å². The maximum absolute atomic E-state index is 13.6. The van der Waals surface area contributed by atoms with Crippen LogP contribution in [-0.4, -0.2) is 22.8 Å². The Bertz CT molecular complexity index is 736. The first kappa shape index (κ1) is 15.9. The fraction of sp³-hybridized carbons (Fsp3) is 0.133. The van der Waals surface area contributed by atoms with Gasteiger partial charge < -0.3 is 4.90 Å². The standard InChI is InChI=1S/C15H12ClFN2O3/c1-18(9-10-4-2-3-5-14(10)17)15(20)12-8-11(19(21)22)6-7-13(12)16/h2-8H,9H2,1H3. The molecule has 0 saturated carbocycles. The fourth-order valence-electron chi connectivity index (χ4n) is 1.95. The molecule has 0 saturated heterocycles. The summed E-state index contributed by atoms with van der Waals surface area (Å²) in [6.45, 7) is 0.0323. The molecule has 22 heavy (non-hydrogen) atoms. The predicted molar refractivity (Wildman–Crippen MR) is 80.3 cm³/mol. The molecule has 0 aliphatic rings. The van der Waals surface area contributed by atoms with Gasteiger partial charge in [-0.05, 0) is 12.1 Å². The van der Waals surface area contributed by atoms with Crippen molar-refractivity contribution in [1.29, 1.82) is 0 Å². The summed E-state index contributed by atoms with van der Waals surface area (Å²) in [4.78, 5) is 23.8. The Labute approximate surface area is 131 Å². The van der Waals surface area contributed by atoms with E-state index < -0.39 is 16.6 Å². The summed E-state index contributed by atoms with van der Waals surface area (Å²) in [5.74, 6) is -0.941. The zero-order chi connectivity index (χ0) is 16.3. The van der Waals surface area contributed by atoms with Gasteiger partial charge in [-0.3, -0.25) is 14.9 Å². The first-order chi connectivity index (χ1) is 10.4. The molecule has 0 spiro atoms. The van der Waals surface area contributed by atoms with Gasteiger partial charge >= 0.3 is 0 Å². The highest BCUT2D eigenvalue weighted by molar-refractivity contribution is 6.33. The van der Waals surface area contributed by atoms with Crippen LogP contribution in [0.25, 0.3) is 0 Å². The van der Waals surface area contributed by atoms with Crippen molar-refractivity contribution in [2.45, 2.75) is 6.54 Å². The second-order valence-corrected chi connectivity index (χ2v) is 5.08. The molecule has 2 aromatic rings. The van der Waals surface area contributed by atoms with Crippen LogP contribution in [0.3, 0.4) is 0 Å². The number of non-ortho nitro benzene ring substituents is 1. The van der Waals surface area contributed by atoms with Gasteiger partial charge in [-0.1, -0.05) is 29.8 Å². The van der Waals surface area contributed by atoms with E-state index in [1.165, 1.54) is 30.1 Å². The minimum absolute atomic E-state index is 0.00899. The van der Waals surface area contributed by atoms with Gasteiger partial charge in [0.25, 0.3) is 11.6 Å². The topological polar surface area (TPSA) is 63.5 Å². The number of halogens is 2. The van der Waals surface area contributed by atoms with E-state index >= 15 is 0 Å². The highest BCUT2D eigenvalue weighted by atomic mass is 35.5. The summed E-state index contributed by atoms with van der Waals surface area (Å²) in [5, 5.41) is 10.9. The van der Waals surface area contributed by atoms with Gasteiger partial charge in [0, 0.05) is 31.3 Å². The molecule has 0 N–H and O–H groups in total. The van der Waals surface area contributed by atoms with E-state index in [-0.39, 0.29) is 22.8 Å². The Kier molecular flexibility index (Phi) is 4.72. The highest BCUT2D eigenvalue weighted by Crippen LogP contribution is 2.23. The van der Waals surface area contributed by atoms with Crippen molar-refractivity contribution in [3.63, 3.8) is 0 Å². The summed E-state index contributed by atoms with van der Waals surface area (Å²) < 4.78 is 13.6. The third-order valence-electron chi connectivity index (χ3n) is 3.10. The van der Waals surface area contributed by atoms with Crippen LogP contribution >= 0.6 is 11.6 Å². The number of nitrogens with zero attached hydrogens (tertiary/aromatic N) is 2. The van der Waals surface area contributed by atoms with E-state index in [4.69, 9.17) is 11.6 Å². The highest BCUT2D eigenvalue weighted by Gasteiger charge is 2.19. The third kappa shape index (κ3) is 3.40. The summed E-state index contributed by atoms with van der Waals surface area (Å²) >= 11 is 5.93. The van der Waals surface area contributed by atoms with Crippen molar-refractivity contribution >= 4 is 23.2 Å². The van der Waals surface area contributed by atoms with E-state index in [0.717, 1.165) is 6.07 Å². The zero-order valence-corrected chi connectivity index (χ0v) is 12.4. The van der Waals surface area contributed by atoms with Crippen LogP contribution in [0.1, 0.15) is 15.9 Å². The van der Waals surface area contributed by atoms with Crippen LogP contribution in [0, 0.1) is 15.9 Å². The lowest BCUT2D eigenvalue weighted by Gasteiger charge is -2.18. The average molecular weight is 323 g/mol. The van der Waals surface area contributed by atoms with E-state index in [1.807, 2.05) is 0 Å². The second kappa shape index (κ2) is 6.53. The molecule has 5 nitrogen and oxygen atoms in total. The van der Waals surface area contributed by atoms with Gasteiger partial charge in [0.15, 0.2) is 0 Å². The molecule has 2 aromatic carbocycles. The fourth-order valence-corrected chi connectivity index (χ4v) is 2.15. The van der Waals surface area contributed by atoms with Crippen molar-refractivity contribution in [1.82, 2.24) is 4.90 Å². The Morgan fingerprint density at radius 1 is 1.32 bits per heavy atom. The van der Waals surface area contributed by atoms with Gasteiger partial charge in [0.2, 0.25) is 0 Å². The van der Waals surface area contributed by atoms with Crippen LogP contribution in [-0.2, 0) is 6.54 Å². The molecule has 0 unspecified atom stereocenters. The minimum Gasteiger partial charge on any atom is -0.337 e. The lowest BCUT2D eigenvalue weighted by molar-refractivity contribution is -0.384. The van der Waals surface area contributed by atoms with Crippen LogP contribution in [0.5, 0.6) is 0 Å². The smallest absolute Gasteiger partial charge is 0.270 e. The van der Waals surface area contributed by atoms with Gasteiger partial charge in [-0.15, -0.1) is 0 Å². The quantitative estimate of drug-likeness (QED) is 0.637. The number of hydrogen-bond donors (Lipinski definition) is 0. The van der Waals surface area contributed by atoms with Gasteiger partial charge in [-0.2, -0.15) is 0 Å². The second-order valence-electron chi connectivity index (χ2n) is 4.67. The van der Waals surface area contributed by atoms with Crippen LogP contribution < -0.4 is 0 Å². The van der Waals surface area contributed by atoms with Gasteiger partial charge in [-0.25, -0.2) is 4.39 Å². The van der Waals surface area contributed by atoms with Gasteiger partial charge in [0.1, 0.15) is 5.82 Å². The molecule has 1 amide bonds. The normalized spacial score (nSPS) is 10.3. The maximum atomic E-state index is 13.6. The van der Waals surface area contributed by atoms with E-state index in [1.54, 1.807) is 18.2 Å².